The number of allylic oxidation sites excluding steroid dienone is 3. The number of nitriles is 1. The van der Waals surface area contributed by atoms with Crippen LogP contribution in [0.1, 0.15) is 38.2 Å². The summed E-state index contributed by atoms with van der Waals surface area (Å²) in [5.74, 6) is 1.05. The van der Waals surface area contributed by atoms with Crippen LogP contribution in [0.25, 0.3) is 0 Å². The van der Waals surface area contributed by atoms with E-state index in [9.17, 15) is 10.1 Å². The van der Waals surface area contributed by atoms with E-state index >= 15 is 0 Å². The lowest BCUT2D eigenvalue weighted by atomic mass is 9.70. The van der Waals surface area contributed by atoms with Crippen molar-refractivity contribution in [3.8, 4) is 17.6 Å². The smallest absolute Gasteiger partial charge is 0.205 e. The molecule has 28 heavy (non-hydrogen) atoms. The summed E-state index contributed by atoms with van der Waals surface area (Å²) in [7, 11) is 1.54. The Bertz CT molecular complexity index is 934. The number of rotatable bonds is 5. The summed E-state index contributed by atoms with van der Waals surface area (Å²) in [6.45, 7) is 8.01. The van der Waals surface area contributed by atoms with Crippen LogP contribution in [0.5, 0.6) is 11.5 Å². The van der Waals surface area contributed by atoms with E-state index in [1.165, 1.54) is 7.11 Å². The molecule has 1 atom stereocenters. The Morgan fingerprint density at radius 2 is 2.14 bits per heavy atom. The van der Waals surface area contributed by atoms with Gasteiger partial charge in [-0.3, -0.25) is 4.79 Å². The standard InChI is InChI=1S/C22H24N2O4/c1-5-8-27-16-7-6-13(9-17(16)26-4)19-14(12-23)21(24)28-18-11-22(2,3)10-15(25)20(18)19/h5-7,9,19H,1,8,10-11,24H2,2-4H3/t19-/m1/s1. The predicted molar refractivity (Wildman–Crippen MR) is 104 cm³/mol. The van der Waals surface area contributed by atoms with Gasteiger partial charge in [0.2, 0.25) is 5.88 Å². The van der Waals surface area contributed by atoms with Crippen molar-refractivity contribution in [3.05, 3.63) is 59.2 Å². The molecule has 6 heteroatoms. The molecular weight excluding hydrogens is 356 g/mol. The molecule has 1 aliphatic carbocycles. The van der Waals surface area contributed by atoms with Crippen LogP contribution in [0.4, 0.5) is 0 Å². The van der Waals surface area contributed by atoms with Crippen molar-refractivity contribution in [1.29, 1.82) is 5.26 Å². The molecule has 1 heterocycles. The van der Waals surface area contributed by atoms with Gasteiger partial charge in [-0.25, -0.2) is 0 Å². The first-order valence-electron chi connectivity index (χ1n) is 9.06. The Morgan fingerprint density at radius 1 is 1.39 bits per heavy atom. The van der Waals surface area contributed by atoms with Gasteiger partial charge in [0.05, 0.1) is 13.0 Å². The second-order valence-corrected chi connectivity index (χ2v) is 7.71. The Balaban J connectivity index is 2.12. The Labute approximate surface area is 164 Å². The van der Waals surface area contributed by atoms with Crippen molar-refractivity contribution in [1.82, 2.24) is 0 Å². The Hall–Kier alpha value is -3.20. The van der Waals surface area contributed by atoms with Crippen molar-refractivity contribution in [2.24, 2.45) is 11.1 Å². The second kappa shape index (κ2) is 7.43. The molecule has 2 N–H and O–H groups in total. The molecule has 1 aliphatic heterocycles. The molecule has 2 aliphatic rings. The topological polar surface area (TPSA) is 94.6 Å². The highest BCUT2D eigenvalue weighted by Crippen LogP contribution is 2.48. The molecule has 0 fully saturated rings. The van der Waals surface area contributed by atoms with Crippen LogP contribution in [0.15, 0.2) is 53.6 Å². The van der Waals surface area contributed by atoms with E-state index in [0.29, 0.717) is 42.3 Å². The number of carbonyl (C=O) groups is 1. The molecular formula is C22H24N2O4. The molecule has 0 amide bonds. The molecule has 146 valence electrons. The normalized spacial score (nSPS) is 20.8. The molecule has 0 unspecified atom stereocenters. The van der Waals surface area contributed by atoms with Gasteiger partial charge in [-0.1, -0.05) is 32.6 Å². The fraction of sp³-hybridized carbons (Fsp3) is 0.364. The average Bonchev–Trinajstić information content (AvgIpc) is 2.64. The van der Waals surface area contributed by atoms with Crippen LogP contribution in [0.3, 0.4) is 0 Å². The first kappa shape index (κ1) is 19.6. The van der Waals surface area contributed by atoms with Crippen LogP contribution in [0, 0.1) is 16.7 Å². The van der Waals surface area contributed by atoms with Crippen molar-refractivity contribution in [2.75, 3.05) is 13.7 Å². The molecule has 0 radical (unpaired) electrons. The van der Waals surface area contributed by atoms with Gasteiger partial charge in [-0.05, 0) is 23.1 Å². The van der Waals surface area contributed by atoms with E-state index in [-0.39, 0.29) is 22.7 Å². The van der Waals surface area contributed by atoms with E-state index < -0.39 is 5.92 Å². The SMILES string of the molecule is C=CCOc1ccc([C@@H]2C(C#N)=C(N)OC3=C2C(=O)CC(C)(C)C3)cc1OC. The molecule has 3 rings (SSSR count). The number of ether oxygens (including phenoxy) is 3. The van der Waals surface area contributed by atoms with Gasteiger partial charge < -0.3 is 19.9 Å². The average molecular weight is 380 g/mol. The molecule has 0 bridgehead atoms. The maximum absolute atomic E-state index is 13.0. The van der Waals surface area contributed by atoms with Crippen molar-refractivity contribution in [3.63, 3.8) is 0 Å². The van der Waals surface area contributed by atoms with Gasteiger partial charge in [0, 0.05) is 18.4 Å². The number of methoxy groups -OCH3 is 1. The molecule has 0 aromatic heterocycles. The zero-order valence-electron chi connectivity index (χ0n) is 16.4. The number of hydrogen-bond donors (Lipinski definition) is 1. The molecule has 0 saturated heterocycles. The summed E-state index contributed by atoms with van der Waals surface area (Å²) in [6, 6.07) is 7.47. The number of nitrogens with two attached hydrogens (primary N) is 1. The highest BCUT2D eigenvalue weighted by Gasteiger charge is 2.43. The predicted octanol–water partition coefficient (Wildman–Crippen LogP) is 3.71. The summed E-state index contributed by atoms with van der Waals surface area (Å²) in [5, 5.41) is 9.70. The van der Waals surface area contributed by atoms with Crippen molar-refractivity contribution < 1.29 is 19.0 Å². The summed E-state index contributed by atoms with van der Waals surface area (Å²) in [4.78, 5) is 13.0. The Kier molecular flexibility index (Phi) is 5.19. The minimum Gasteiger partial charge on any atom is -0.493 e. The zero-order valence-corrected chi connectivity index (χ0v) is 16.4. The third-order valence-electron chi connectivity index (χ3n) is 4.95. The van der Waals surface area contributed by atoms with Crippen molar-refractivity contribution in [2.45, 2.75) is 32.6 Å². The van der Waals surface area contributed by atoms with E-state index in [1.54, 1.807) is 18.2 Å². The van der Waals surface area contributed by atoms with Gasteiger partial charge in [0.1, 0.15) is 24.0 Å². The fourth-order valence-corrected chi connectivity index (χ4v) is 3.75. The summed E-state index contributed by atoms with van der Waals surface area (Å²) in [6.07, 6.45) is 2.62. The highest BCUT2D eigenvalue weighted by molar-refractivity contribution is 6.00. The van der Waals surface area contributed by atoms with Gasteiger partial charge in [0.25, 0.3) is 0 Å². The van der Waals surface area contributed by atoms with E-state index in [2.05, 4.69) is 12.6 Å². The lowest BCUT2D eigenvalue weighted by molar-refractivity contribution is -0.119. The lowest BCUT2D eigenvalue weighted by Crippen LogP contribution is -2.33. The van der Waals surface area contributed by atoms with Crippen LogP contribution in [-0.4, -0.2) is 19.5 Å². The van der Waals surface area contributed by atoms with Gasteiger partial charge >= 0.3 is 0 Å². The summed E-state index contributed by atoms with van der Waals surface area (Å²) >= 11 is 0. The first-order chi connectivity index (χ1) is 13.3. The number of nitrogens with zero attached hydrogens (tertiary/aromatic N) is 1. The molecule has 1 aromatic rings. The van der Waals surface area contributed by atoms with Gasteiger partial charge in [0.15, 0.2) is 17.3 Å². The van der Waals surface area contributed by atoms with E-state index in [1.807, 2.05) is 19.9 Å². The molecule has 0 saturated carbocycles. The third-order valence-corrected chi connectivity index (χ3v) is 4.95. The maximum atomic E-state index is 13.0. The van der Waals surface area contributed by atoms with Crippen LogP contribution in [-0.2, 0) is 9.53 Å². The minimum atomic E-state index is -0.584. The summed E-state index contributed by atoms with van der Waals surface area (Å²) < 4.78 is 16.8. The third kappa shape index (κ3) is 3.48. The van der Waals surface area contributed by atoms with Gasteiger partial charge in [-0.2, -0.15) is 5.26 Å². The quantitative estimate of drug-likeness (QED) is 0.783. The number of hydrogen-bond acceptors (Lipinski definition) is 6. The largest absolute Gasteiger partial charge is 0.493 e. The monoisotopic (exact) mass is 380 g/mol. The number of carbonyl (C=O) groups excluding carboxylic acids is 1. The number of benzene rings is 1. The second-order valence-electron chi connectivity index (χ2n) is 7.71. The minimum absolute atomic E-state index is 0.0255. The van der Waals surface area contributed by atoms with E-state index in [4.69, 9.17) is 19.9 Å². The highest BCUT2D eigenvalue weighted by atomic mass is 16.5. The van der Waals surface area contributed by atoms with Crippen molar-refractivity contribution >= 4 is 5.78 Å². The van der Waals surface area contributed by atoms with Gasteiger partial charge in [-0.15, -0.1) is 0 Å². The number of Topliss-reactive ketones (excluding diaryl/α,β-unsaturated/α-hetero) is 1. The fourth-order valence-electron chi connectivity index (χ4n) is 3.75. The maximum Gasteiger partial charge on any atom is 0.205 e. The molecule has 6 nitrogen and oxygen atoms in total. The summed E-state index contributed by atoms with van der Waals surface area (Å²) in [5.41, 5.74) is 7.29. The number of ketones is 1. The first-order valence-corrected chi connectivity index (χ1v) is 9.06. The lowest BCUT2D eigenvalue weighted by Gasteiger charge is -2.37. The van der Waals surface area contributed by atoms with E-state index in [0.717, 1.165) is 5.56 Å². The van der Waals surface area contributed by atoms with Crippen LogP contribution < -0.4 is 15.2 Å². The molecule has 1 aromatic carbocycles. The Morgan fingerprint density at radius 3 is 2.79 bits per heavy atom. The van der Waals surface area contributed by atoms with Crippen LogP contribution >= 0.6 is 0 Å². The zero-order chi connectivity index (χ0) is 20.5. The van der Waals surface area contributed by atoms with Crippen LogP contribution in [0.2, 0.25) is 0 Å². The molecule has 0 spiro atoms.